The van der Waals surface area contributed by atoms with Crippen LogP contribution in [0.1, 0.15) is 32.2 Å². The number of rotatable bonds is 5. The summed E-state index contributed by atoms with van der Waals surface area (Å²) < 4.78 is 5.90. The normalized spacial score (nSPS) is 14.6. The van der Waals surface area contributed by atoms with Crippen LogP contribution in [0, 0.1) is 0 Å². The molecule has 112 valence electrons. The number of carboxylic acids is 1. The number of aromatic nitrogens is 3. The van der Waals surface area contributed by atoms with E-state index in [-0.39, 0.29) is 12.2 Å². The lowest BCUT2D eigenvalue weighted by molar-refractivity contribution is -0.189. The van der Waals surface area contributed by atoms with Crippen LogP contribution in [0.3, 0.4) is 0 Å². The second-order valence-electron chi connectivity index (χ2n) is 5.84. The van der Waals surface area contributed by atoms with Gasteiger partial charge in [0.1, 0.15) is 6.33 Å². The standard InChI is InChI=1S/C15H19N3O3/c1-14(2,3)21-15(13(19)20,12-16-10-17-18-12)9-11-7-5-4-6-8-11/h4-8,10H,9H2,1-3H3,(H,19,20)(H,16,17,18). The zero-order valence-corrected chi connectivity index (χ0v) is 12.3. The van der Waals surface area contributed by atoms with Crippen LogP contribution in [0.5, 0.6) is 0 Å². The van der Waals surface area contributed by atoms with Crippen molar-refractivity contribution in [1.82, 2.24) is 15.2 Å². The fraction of sp³-hybridized carbons (Fsp3) is 0.400. The number of aliphatic carboxylic acids is 1. The van der Waals surface area contributed by atoms with E-state index in [1.807, 2.05) is 51.1 Å². The highest BCUT2D eigenvalue weighted by Gasteiger charge is 2.47. The molecule has 0 aliphatic rings. The van der Waals surface area contributed by atoms with E-state index >= 15 is 0 Å². The molecule has 0 fully saturated rings. The molecule has 0 amide bonds. The van der Waals surface area contributed by atoms with Crippen molar-refractivity contribution >= 4 is 5.97 Å². The van der Waals surface area contributed by atoms with Crippen LogP contribution in [0.4, 0.5) is 0 Å². The van der Waals surface area contributed by atoms with E-state index in [1.54, 1.807) is 0 Å². The summed E-state index contributed by atoms with van der Waals surface area (Å²) in [6.45, 7) is 5.43. The molecule has 0 aliphatic heterocycles. The Labute approximate surface area is 123 Å². The van der Waals surface area contributed by atoms with Crippen LogP contribution < -0.4 is 0 Å². The molecule has 1 aromatic carbocycles. The van der Waals surface area contributed by atoms with Gasteiger partial charge < -0.3 is 9.84 Å². The van der Waals surface area contributed by atoms with Crippen LogP contribution in [0.25, 0.3) is 0 Å². The third-order valence-corrected chi connectivity index (χ3v) is 2.92. The van der Waals surface area contributed by atoms with Gasteiger partial charge in [0, 0.05) is 6.42 Å². The Morgan fingerprint density at radius 1 is 1.29 bits per heavy atom. The van der Waals surface area contributed by atoms with Gasteiger partial charge in [0.2, 0.25) is 5.60 Å². The molecule has 0 saturated heterocycles. The highest BCUT2D eigenvalue weighted by molar-refractivity contribution is 5.78. The fourth-order valence-electron chi connectivity index (χ4n) is 2.19. The molecule has 2 N–H and O–H groups in total. The smallest absolute Gasteiger partial charge is 0.344 e. The van der Waals surface area contributed by atoms with Gasteiger partial charge in [0.25, 0.3) is 0 Å². The van der Waals surface area contributed by atoms with Crippen molar-refractivity contribution in [3.05, 3.63) is 48.0 Å². The largest absolute Gasteiger partial charge is 0.479 e. The Morgan fingerprint density at radius 2 is 1.95 bits per heavy atom. The maximum Gasteiger partial charge on any atom is 0.344 e. The quantitative estimate of drug-likeness (QED) is 0.880. The second-order valence-corrected chi connectivity index (χ2v) is 5.84. The number of ether oxygens (including phenoxy) is 1. The number of benzene rings is 1. The second kappa shape index (κ2) is 5.65. The van der Waals surface area contributed by atoms with E-state index in [0.29, 0.717) is 0 Å². The summed E-state index contributed by atoms with van der Waals surface area (Å²) in [7, 11) is 0. The van der Waals surface area contributed by atoms with Crippen molar-refractivity contribution in [2.45, 2.75) is 38.4 Å². The topological polar surface area (TPSA) is 88.1 Å². The predicted octanol–water partition coefficient (Wildman–Crippen LogP) is 2.14. The molecule has 0 radical (unpaired) electrons. The number of aromatic amines is 1. The third kappa shape index (κ3) is 3.46. The Kier molecular flexibility index (Phi) is 4.09. The van der Waals surface area contributed by atoms with Gasteiger partial charge in [-0.15, -0.1) is 0 Å². The van der Waals surface area contributed by atoms with Gasteiger partial charge in [-0.25, -0.2) is 9.78 Å². The number of nitrogens with zero attached hydrogens (tertiary/aromatic N) is 2. The van der Waals surface area contributed by atoms with Crippen molar-refractivity contribution in [2.24, 2.45) is 0 Å². The number of hydrogen-bond acceptors (Lipinski definition) is 4. The Bertz CT molecular complexity index is 590. The van der Waals surface area contributed by atoms with Gasteiger partial charge in [-0.05, 0) is 26.3 Å². The van der Waals surface area contributed by atoms with Crippen LogP contribution in [0.2, 0.25) is 0 Å². The Morgan fingerprint density at radius 3 is 2.43 bits per heavy atom. The molecular formula is C15H19N3O3. The highest BCUT2D eigenvalue weighted by atomic mass is 16.5. The molecule has 0 spiro atoms. The lowest BCUT2D eigenvalue weighted by atomic mass is 9.92. The lowest BCUT2D eigenvalue weighted by Gasteiger charge is -2.34. The first kappa shape index (κ1) is 15.2. The van der Waals surface area contributed by atoms with Gasteiger partial charge >= 0.3 is 5.97 Å². The van der Waals surface area contributed by atoms with Crippen molar-refractivity contribution in [3.63, 3.8) is 0 Å². The van der Waals surface area contributed by atoms with Gasteiger partial charge in [-0.1, -0.05) is 30.3 Å². The molecule has 21 heavy (non-hydrogen) atoms. The summed E-state index contributed by atoms with van der Waals surface area (Å²) in [6, 6.07) is 9.32. The third-order valence-electron chi connectivity index (χ3n) is 2.92. The van der Waals surface area contributed by atoms with Crippen molar-refractivity contribution in [3.8, 4) is 0 Å². The number of carbonyl (C=O) groups is 1. The van der Waals surface area contributed by atoms with E-state index in [0.717, 1.165) is 5.56 Å². The Balaban J connectivity index is 2.48. The van der Waals surface area contributed by atoms with Crippen LogP contribution in [0.15, 0.2) is 36.7 Å². The number of carboxylic acid groups (broad SMARTS) is 1. The number of hydrogen-bond donors (Lipinski definition) is 2. The van der Waals surface area contributed by atoms with Gasteiger partial charge in [-0.2, -0.15) is 5.10 Å². The molecule has 2 aromatic rings. The molecule has 0 bridgehead atoms. The van der Waals surface area contributed by atoms with Crippen molar-refractivity contribution in [2.75, 3.05) is 0 Å². The SMILES string of the molecule is CC(C)(C)OC(Cc1ccccc1)(C(=O)O)c1ncn[nH]1. The first-order valence-corrected chi connectivity index (χ1v) is 6.67. The molecule has 0 aliphatic carbocycles. The van der Waals surface area contributed by atoms with Gasteiger partial charge in [0.05, 0.1) is 5.60 Å². The average Bonchev–Trinajstić information content (AvgIpc) is 2.91. The Hall–Kier alpha value is -2.21. The highest BCUT2D eigenvalue weighted by Crippen LogP contribution is 2.32. The summed E-state index contributed by atoms with van der Waals surface area (Å²) in [5, 5.41) is 16.2. The molecular weight excluding hydrogens is 270 g/mol. The van der Waals surface area contributed by atoms with Crippen molar-refractivity contribution in [1.29, 1.82) is 0 Å². The van der Waals surface area contributed by atoms with Gasteiger partial charge in [0.15, 0.2) is 5.82 Å². The van der Waals surface area contributed by atoms with Gasteiger partial charge in [-0.3, -0.25) is 5.10 Å². The number of nitrogens with one attached hydrogen (secondary N) is 1. The van der Waals surface area contributed by atoms with Crippen LogP contribution >= 0.6 is 0 Å². The molecule has 6 heteroatoms. The minimum atomic E-state index is -1.60. The van der Waals surface area contributed by atoms with Crippen molar-refractivity contribution < 1.29 is 14.6 Å². The summed E-state index contributed by atoms with van der Waals surface area (Å²) in [5.74, 6) is -0.910. The molecule has 0 saturated carbocycles. The van der Waals surface area contributed by atoms with E-state index in [4.69, 9.17) is 4.74 Å². The fourth-order valence-corrected chi connectivity index (χ4v) is 2.19. The van der Waals surface area contributed by atoms with E-state index in [2.05, 4.69) is 15.2 Å². The average molecular weight is 289 g/mol. The molecule has 1 atom stereocenters. The molecule has 1 unspecified atom stereocenters. The number of H-pyrrole nitrogens is 1. The minimum Gasteiger partial charge on any atom is -0.479 e. The summed E-state index contributed by atoms with van der Waals surface area (Å²) in [5.41, 5.74) is -1.41. The molecule has 6 nitrogen and oxygen atoms in total. The summed E-state index contributed by atoms with van der Waals surface area (Å²) >= 11 is 0. The molecule has 1 heterocycles. The molecule has 2 rings (SSSR count). The van der Waals surface area contributed by atoms with E-state index < -0.39 is 17.2 Å². The van der Waals surface area contributed by atoms with E-state index in [9.17, 15) is 9.90 Å². The zero-order valence-electron chi connectivity index (χ0n) is 12.3. The maximum atomic E-state index is 12.0. The monoisotopic (exact) mass is 289 g/mol. The molecule has 1 aromatic heterocycles. The minimum absolute atomic E-state index is 0.162. The first-order chi connectivity index (χ1) is 9.83. The summed E-state index contributed by atoms with van der Waals surface area (Å²) in [6.07, 6.45) is 1.44. The predicted molar refractivity (Wildman–Crippen MR) is 76.7 cm³/mol. The maximum absolute atomic E-state index is 12.0. The lowest BCUT2D eigenvalue weighted by Crippen LogP contribution is -2.47. The zero-order chi connectivity index (χ0) is 15.5. The van der Waals surface area contributed by atoms with Crippen LogP contribution in [-0.2, 0) is 21.6 Å². The van der Waals surface area contributed by atoms with Crippen LogP contribution in [-0.4, -0.2) is 31.9 Å². The first-order valence-electron chi connectivity index (χ1n) is 6.67. The van der Waals surface area contributed by atoms with E-state index in [1.165, 1.54) is 6.33 Å². The summed E-state index contributed by atoms with van der Waals surface area (Å²) in [4.78, 5) is 16.0.